The molecule has 1 unspecified atom stereocenters. The zero-order valence-corrected chi connectivity index (χ0v) is 15.2. The van der Waals surface area contributed by atoms with Crippen LogP contribution in [0.2, 0.25) is 0 Å². The van der Waals surface area contributed by atoms with Crippen LogP contribution in [0, 0.1) is 5.92 Å². The molecule has 0 bridgehead atoms. The van der Waals surface area contributed by atoms with Crippen molar-refractivity contribution in [3.05, 3.63) is 27.0 Å². The first kappa shape index (κ1) is 16.1. The number of nitrogens with zero attached hydrogens (tertiary/aromatic N) is 2. The molecule has 0 aliphatic carbocycles. The van der Waals surface area contributed by atoms with E-state index in [1.54, 1.807) is 22.7 Å². The molecule has 0 saturated carbocycles. The summed E-state index contributed by atoms with van der Waals surface area (Å²) in [6.07, 6.45) is 2.33. The van der Waals surface area contributed by atoms with Gasteiger partial charge in [0.05, 0.1) is 17.0 Å². The van der Waals surface area contributed by atoms with Crippen molar-refractivity contribution >= 4 is 44.5 Å². The topological polar surface area (TPSA) is 53.4 Å². The van der Waals surface area contributed by atoms with Gasteiger partial charge in [-0.15, -0.1) is 22.7 Å². The number of halogens is 1. The SMILES string of the molecule is O=C(Cc1csc(-c2cc(Br)cs2)n1)N1CCCC(CO)C1. The van der Waals surface area contributed by atoms with Crippen LogP contribution in [0.1, 0.15) is 18.5 Å². The number of aliphatic hydroxyl groups is 1. The summed E-state index contributed by atoms with van der Waals surface area (Å²) in [4.78, 5) is 19.9. The van der Waals surface area contributed by atoms with E-state index in [1.807, 2.05) is 21.7 Å². The summed E-state index contributed by atoms with van der Waals surface area (Å²) in [5.74, 6) is 0.342. The Labute approximate surface area is 145 Å². The Morgan fingerprint density at radius 2 is 2.32 bits per heavy atom. The van der Waals surface area contributed by atoms with Crippen molar-refractivity contribution in [3.63, 3.8) is 0 Å². The van der Waals surface area contributed by atoms with E-state index in [4.69, 9.17) is 0 Å². The lowest BCUT2D eigenvalue weighted by Crippen LogP contribution is -2.41. The van der Waals surface area contributed by atoms with Gasteiger partial charge in [0, 0.05) is 34.9 Å². The first-order valence-corrected chi connectivity index (χ1v) is 9.78. The molecule has 118 valence electrons. The van der Waals surface area contributed by atoms with Crippen molar-refractivity contribution in [3.8, 4) is 9.88 Å². The first-order valence-electron chi connectivity index (χ1n) is 7.23. The zero-order valence-electron chi connectivity index (χ0n) is 12.0. The molecule has 3 rings (SSSR count). The van der Waals surface area contributed by atoms with Gasteiger partial charge < -0.3 is 10.0 Å². The molecule has 2 aromatic rings. The van der Waals surface area contributed by atoms with Gasteiger partial charge in [-0.1, -0.05) is 0 Å². The molecule has 0 radical (unpaired) electrons. The number of hydrogen-bond acceptors (Lipinski definition) is 5. The standard InChI is InChI=1S/C15H17BrN2O2S2/c16-11-4-13(21-8-11)15-17-12(9-22-15)5-14(20)18-3-1-2-10(6-18)7-19/h4,8-10,19H,1-3,5-7H2. The summed E-state index contributed by atoms with van der Waals surface area (Å²) in [5.41, 5.74) is 0.834. The Balaban J connectivity index is 1.63. The summed E-state index contributed by atoms with van der Waals surface area (Å²) >= 11 is 6.67. The van der Waals surface area contributed by atoms with Crippen LogP contribution in [-0.2, 0) is 11.2 Å². The third-order valence-corrected chi connectivity index (χ3v) is 6.54. The molecule has 1 saturated heterocycles. The monoisotopic (exact) mass is 400 g/mol. The third-order valence-electron chi connectivity index (χ3n) is 3.79. The first-order chi connectivity index (χ1) is 10.7. The summed E-state index contributed by atoms with van der Waals surface area (Å²) in [5, 5.41) is 14.2. The van der Waals surface area contributed by atoms with Crippen LogP contribution < -0.4 is 0 Å². The van der Waals surface area contributed by atoms with Gasteiger partial charge in [0.25, 0.3) is 0 Å². The van der Waals surface area contributed by atoms with Crippen molar-refractivity contribution in [1.29, 1.82) is 0 Å². The van der Waals surface area contributed by atoms with Gasteiger partial charge in [0.15, 0.2) is 0 Å². The molecule has 1 atom stereocenters. The van der Waals surface area contributed by atoms with Crippen LogP contribution in [0.5, 0.6) is 0 Å². The maximum absolute atomic E-state index is 12.4. The number of likely N-dealkylation sites (tertiary alicyclic amines) is 1. The van der Waals surface area contributed by atoms with E-state index in [1.165, 1.54) is 0 Å². The second-order valence-electron chi connectivity index (χ2n) is 5.48. The van der Waals surface area contributed by atoms with Crippen LogP contribution in [0.4, 0.5) is 0 Å². The lowest BCUT2D eigenvalue weighted by Gasteiger charge is -2.31. The van der Waals surface area contributed by atoms with Crippen LogP contribution >= 0.6 is 38.6 Å². The molecule has 7 heteroatoms. The van der Waals surface area contributed by atoms with Gasteiger partial charge in [0.2, 0.25) is 5.91 Å². The molecule has 0 aromatic carbocycles. The fourth-order valence-electron chi connectivity index (χ4n) is 2.63. The molecule has 22 heavy (non-hydrogen) atoms. The lowest BCUT2D eigenvalue weighted by molar-refractivity contribution is -0.132. The maximum atomic E-state index is 12.4. The Morgan fingerprint density at radius 1 is 1.45 bits per heavy atom. The van der Waals surface area contributed by atoms with Crippen molar-refractivity contribution < 1.29 is 9.90 Å². The number of piperidine rings is 1. The van der Waals surface area contributed by atoms with Crippen molar-refractivity contribution in [2.75, 3.05) is 19.7 Å². The molecule has 1 aliphatic heterocycles. The molecule has 1 amide bonds. The van der Waals surface area contributed by atoms with Gasteiger partial charge in [-0.25, -0.2) is 4.98 Å². The summed E-state index contributed by atoms with van der Waals surface area (Å²) < 4.78 is 1.06. The Bertz CT molecular complexity index is 656. The largest absolute Gasteiger partial charge is 0.396 e. The normalized spacial score (nSPS) is 18.6. The average molecular weight is 401 g/mol. The number of aromatic nitrogens is 1. The number of hydrogen-bond donors (Lipinski definition) is 1. The highest BCUT2D eigenvalue weighted by Crippen LogP contribution is 2.32. The minimum atomic E-state index is 0.113. The van der Waals surface area contributed by atoms with Gasteiger partial charge in [0.1, 0.15) is 5.01 Å². The smallest absolute Gasteiger partial charge is 0.228 e. The predicted octanol–water partition coefficient (Wildman–Crippen LogP) is 3.41. The van der Waals surface area contributed by atoms with Crippen LogP contribution in [0.25, 0.3) is 9.88 Å². The van der Waals surface area contributed by atoms with E-state index in [0.717, 1.165) is 39.4 Å². The highest BCUT2D eigenvalue weighted by atomic mass is 79.9. The average Bonchev–Trinajstić information content (AvgIpc) is 3.16. The Morgan fingerprint density at radius 3 is 3.05 bits per heavy atom. The fraction of sp³-hybridized carbons (Fsp3) is 0.467. The second-order valence-corrected chi connectivity index (χ2v) is 8.17. The molecule has 4 nitrogen and oxygen atoms in total. The molecule has 3 heterocycles. The minimum Gasteiger partial charge on any atom is -0.396 e. The maximum Gasteiger partial charge on any atom is 0.228 e. The highest BCUT2D eigenvalue weighted by Gasteiger charge is 2.23. The number of thiazole rings is 1. The van der Waals surface area contributed by atoms with Crippen molar-refractivity contribution in [2.24, 2.45) is 5.92 Å². The third kappa shape index (κ3) is 3.76. The molecule has 1 N–H and O–H groups in total. The van der Waals surface area contributed by atoms with Gasteiger partial charge in [-0.2, -0.15) is 0 Å². The molecular formula is C15H17BrN2O2S2. The van der Waals surface area contributed by atoms with E-state index >= 15 is 0 Å². The van der Waals surface area contributed by atoms with Crippen LogP contribution in [0.3, 0.4) is 0 Å². The number of aliphatic hydroxyl groups excluding tert-OH is 1. The zero-order chi connectivity index (χ0) is 15.5. The molecule has 1 aliphatic rings. The van der Waals surface area contributed by atoms with E-state index in [9.17, 15) is 9.90 Å². The van der Waals surface area contributed by atoms with Gasteiger partial charge in [-0.05, 0) is 40.8 Å². The van der Waals surface area contributed by atoms with E-state index in [-0.39, 0.29) is 18.4 Å². The lowest BCUT2D eigenvalue weighted by atomic mass is 9.99. The summed E-state index contributed by atoms with van der Waals surface area (Å²) in [6.45, 7) is 1.63. The Hall–Kier alpha value is -0.760. The van der Waals surface area contributed by atoms with Crippen LogP contribution in [0.15, 0.2) is 21.3 Å². The molecule has 0 spiro atoms. The summed E-state index contributed by atoms with van der Waals surface area (Å²) in [6, 6.07) is 2.05. The molecular weight excluding hydrogens is 384 g/mol. The number of carbonyl (C=O) groups excluding carboxylic acids is 1. The minimum absolute atomic E-state index is 0.113. The van der Waals surface area contributed by atoms with Crippen molar-refractivity contribution in [1.82, 2.24) is 9.88 Å². The van der Waals surface area contributed by atoms with E-state index in [2.05, 4.69) is 20.9 Å². The summed E-state index contributed by atoms with van der Waals surface area (Å²) in [7, 11) is 0. The van der Waals surface area contributed by atoms with Crippen molar-refractivity contribution in [2.45, 2.75) is 19.3 Å². The quantitative estimate of drug-likeness (QED) is 0.855. The molecule has 2 aromatic heterocycles. The van der Waals surface area contributed by atoms with Gasteiger partial charge >= 0.3 is 0 Å². The highest BCUT2D eigenvalue weighted by molar-refractivity contribution is 9.10. The van der Waals surface area contributed by atoms with E-state index in [0.29, 0.717) is 13.0 Å². The van der Waals surface area contributed by atoms with Gasteiger partial charge in [-0.3, -0.25) is 4.79 Å². The number of carbonyl (C=O) groups is 1. The number of rotatable bonds is 4. The second kappa shape index (κ2) is 7.21. The number of amides is 1. The Kier molecular flexibility index (Phi) is 5.28. The molecule has 1 fully saturated rings. The van der Waals surface area contributed by atoms with Crippen LogP contribution in [-0.4, -0.2) is 40.6 Å². The number of thiophene rings is 1. The van der Waals surface area contributed by atoms with E-state index < -0.39 is 0 Å². The fourth-order valence-corrected chi connectivity index (χ4v) is 4.96. The predicted molar refractivity (Wildman–Crippen MR) is 93.2 cm³/mol.